The molecule has 1 N–H and O–H groups in total. The number of nitrogens with zero attached hydrogens (tertiary/aromatic N) is 1. The normalized spacial score (nSPS) is 19.9. The van der Waals surface area contributed by atoms with Crippen LogP contribution >= 0.6 is 0 Å². The van der Waals surface area contributed by atoms with Crippen molar-refractivity contribution in [3.05, 3.63) is 35.4 Å². The second-order valence-corrected chi connectivity index (χ2v) is 4.96. The Morgan fingerprint density at radius 1 is 1.44 bits per heavy atom. The van der Waals surface area contributed by atoms with Gasteiger partial charge in [0, 0.05) is 24.7 Å². The zero-order chi connectivity index (χ0) is 13.0. The predicted molar refractivity (Wildman–Crippen MR) is 73.8 cm³/mol. The zero-order valence-corrected chi connectivity index (χ0v) is 11.3. The van der Waals surface area contributed by atoms with E-state index in [1.165, 1.54) is 6.42 Å². The third-order valence-electron chi connectivity index (χ3n) is 3.58. The van der Waals surface area contributed by atoms with Crippen molar-refractivity contribution in [2.75, 3.05) is 19.6 Å². The van der Waals surface area contributed by atoms with Crippen molar-refractivity contribution in [1.29, 1.82) is 0 Å². The first kappa shape index (κ1) is 13.1. The van der Waals surface area contributed by atoms with Crippen molar-refractivity contribution in [1.82, 2.24) is 10.2 Å². The Bertz CT molecular complexity index is 415. The third kappa shape index (κ3) is 2.91. The van der Waals surface area contributed by atoms with E-state index in [1.54, 1.807) is 0 Å². The Morgan fingerprint density at radius 2 is 2.22 bits per heavy atom. The highest BCUT2D eigenvalue weighted by molar-refractivity contribution is 5.95. The average Bonchev–Trinajstić information content (AvgIpc) is 2.39. The van der Waals surface area contributed by atoms with E-state index in [2.05, 4.69) is 12.2 Å². The van der Waals surface area contributed by atoms with E-state index in [0.29, 0.717) is 6.04 Å². The summed E-state index contributed by atoms with van der Waals surface area (Å²) >= 11 is 0. The molecular formula is C15H22N2O. The molecule has 98 valence electrons. The summed E-state index contributed by atoms with van der Waals surface area (Å²) in [5.41, 5.74) is 1.91. The molecule has 3 heteroatoms. The van der Waals surface area contributed by atoms with Crippen LogP contribution < -0.4 is 5.32 Å². The highest BCUT2D eigenvalue weighted by atomic mass is 16.2. The number of carbonyl (C=O) groups excluding carboxylic acids is 1. The van der Waals surface area contributed by atoms with Crippen LogP contribution in [0.15, 0.2) is 24.3 Å². The minimum atomic E-state index is 0.177. The summed E-state index contributed by atoms with van der Waals surface area (Å²) < 4.78 is 0. The summed E-state index contributed by atoms with van der Waals surface area (Å²) in [6, 6.07) is 8.29. The number of hydrogen-bond donors (Lipinski definition) is 1. The first-order valence-electron chi connectivity index (χ1n) is 6.80. The van der Waals surface area contributed by atoms with Crippen LogP contribution in [0.1, 0.15) is 35.7 Å². The van der Waals surface area contributed by atoms with Crippen molar-refractivity contribution in [2.45, 2.75) is 32.7 Å². The molecule has 1 aliphatic rings. The number of amides is 1. The molecule has 18 heavy (non-hydrogen) atoms. The monoisotopic (exact) mass is 246 g/mol. The topological polar surface area (TPSA) is 32.3 Å². The van der Waals surface area contributed by atoms with Gasteiger partial charge in [0.15, 0.2) is 0 Å². The van der Waals surface area contributed by atoms with Gasteiger partial charge >= 0.3 is 0 Å². The zero-order valence-electron chi connectivity index (χ0n) is 11.3. The molecule has 1 saturated heterocycles. The molecule has 0 radical (unpaired) electrons. The lowest BCUT2D eigenvalue weighted by atomic mass is 10.0. The maximum atomic E-state index is 12.5. The summed E-state index contributed by atoms with van der Waals surface area (Å²) in [5, 5.41) is 3.44. The number of carbonyl (C=O) groups is 1. The standard InChI is InChI=1S/C15H22N2O/c1-3-16-13-8-6-10-17(11-13)15(18)14-9-5-4-7-12(14)2/h4-5,7,9,13,16H,3,6,8,10-11H2,1-2H3. The number of aryl methyl sites for hydroxylation is 1. The SMILES string of the molecule is CCNC1CCCN(C(=O)c2ccccc2C)C1. The van der Waals surface area contributed by atoms with E-state index in [9.17, 15) is 4.79 Å². The molecule has 0 aromatic heterocycles. The Hall–Kier alpha value is -1.35. The lowest BCUT2D eigenvalue weighted by Crippen LogP contribution is -2.48. The van der Waals surface area contributed by atoms with E-state index >= 15 is 0 Å². The lowest BCUT2D eigenvalue weighted by molar-refractivity contribution is 0.0695. The molecule has 1 amide bonds. The van der Waals surface area contributed by atoms with E-state index < -0.39 is 0 Å². The molecule has 1 aromatic carbocycles. The summed E-state index contributed by atoms with van der Waals surface area (Å²) in [5.74, 6) is 0.177. The van der Waals surface area contributed by atoms with Crippen molar-refractivity contribution >= 4 is 5.91 Å². The van der Waals surface area contributed by atoms with Gasteiger partial charge in [-0.15, -0.1) is 0 Å². The van der Waals surface area contributed by atoms with Crippen LogP contribution in [0, 0.1) is 6.92 Å². The van der Waals surface area contributed by atoms with E-state index in [1.807, 2.05) is 36.1 Å². The highest BCUT2D eigenvalue weighted by Gasteiger charge is 2.24. The Kier molecular flexibility index (Phi) is 4.37. The fourth-order valence-electron chi connectivity index (χ4n) is 2.60. The van der Waals surface area contributed by atoms with Crippen LogP contribution in [0.2, 0.25) is 0 Å². The summed E-state index contributed by atoms with van der Waals surface area (Å²) in [6.45, 7) is 6.80. The molecule has 1 heterocycles. The molecule has 1 aromatic rings. The maximum Gasteiger partial charge on any atom is 0.254 e. The van der Waals surface area contributed by atoms with Gasteiger partial charge < -0.3 is 10.2 Å². The molecule has 1 atom stereocenters. The molecule has 3 nitrogen and oxygen atoms in total. The van der Waals surface area contributed by atoms with Crippen molar-refractivity contribution < 1.29 is 4.79 Å². The minimum Gasteiger partial charge on any atom is -0.337 e. The molecule has 1 unspecified atom stereocenters. The fraction of sp³-hybridized carbons (Fsp3) is 0.533. The summed E-state index contributed by atoms with van der Waals surface area (Å²) in [6.07, 6.45) is 2.26. The second kappa shape index (κ2) is 6.01. The Labute approximate surface area is 109 Å². The molecule has 2 rings (SSSR count). The summed E-state index contributed by atoms with van der Waals surface area (Å²) in [4.78, 5) is 14.5. The number of piperidine rings is 1. The Balaban J connectivity index is 2.07. The molecule has 0 spiro atoms. The van der Waals surface area contributed by atoms with E-state index in [0.717, 1.165) is 37.2 Å². The van der Waals surface area contributed by atoms with Gasteiger partial charge in [0.25, 0.3) is 5.91 Å². The van der Waals surface area contributed by atoms with Gasteiger partial charge in [-0.3, -0.25) is 4.79 Å². The maximum absolute atomic E-state index is 12.5. The smallest absolute Gasteiger partial charge is 0.254 e. The number of rotatable bonds is 3. The van der Waals surface area contributed by atoms with Crippen LogP contribution in [0.5, 0.6) is 0 Å². The quantitative estimate of drug-likeness (QED) is 0.887. The molecule has 1 fully saturated rings. The molecule has 0 bridgehead atoms. The van der Waals surface area contributed by atoms with E-state index in [4.69, 9.17) is 0 Å². The van der Waals surface area contributed by atoms with Gasteiger partial charge in [-0.2, -0.15) is 0 Å². The van der Waals surface area contributed by atoms with Gasteiger partial charge in [0.1, 0.15) is 0 Å². The first-order valence-corrected chi connectivity index (χ1v) is 6.80. The fourth-order valence-corrected chi connectivity index (χ4v) is 2.60. The van der Waals surface area contributed by atoms with Gasteiger partial charge in [0.2, 0.25) is 0 Å². The minimum absolute atomic E-state index is 0.177. The van der Waals surface area contributed by atoms with E-state index in [-0.39, 0.29) is 5.91 Å². The van der Waals surface area contributed by atoms with Crippen molar-refractivity contribution in [3.8, 4) is 0 Å². The largest absolute Gasteiger partial charge is 0.337 e. The van der Waals surface area contributed by atoms with Crippen molar-refractivity contribution in [2.24, 2.45) is 0 Å². The van der Waals surface area contributed by atoms with Crippen LogP contribution in [-0.2, 0) is 0 Å². The molecule has 0 saturated carbocycles. The predicted octanol–water partition coefficient (Wildman–Crippen LogP) is 2.21. The van der Waals surface area contributed by atoms with Gasteiger partial charge in [0.05, 0.1) is 0 Å². The number of likely N-dealkylation sites (N-methyl/N-ethyl adjacent to an activating group) is 1. The second-order valence-electron chi connectivity index (χ2n) is 4.96. The van der Waals surface area contributed by atoms with Crippen LogP contribution in [-0.4, -0.2) is 36.5 Å². The van der Waals surface area contributed by atoms with Crippen LogP contribution in [0.4, 0.5) is 0 Å². The number of likely N-dealkylation sites (tertiary alicyclic amines) is 1. The van der Waals surface area contributed by atoms with Crippen molar-refractivity contribution in [3.63, 3.8) is 0 Å². The van der Waals surface area contributed by atoms with Gasteiger partial charge in [-0.1, -0.05) is 25.1 Å². The third-order valence-corrected chi connectivity index (χ3v) is 3.58. The number of hydrogen-bond acceptors (Lipinski definition) is 2. The average molecular weight is 246 g/mol. The van der Waals surface area contributed by atoms with Crippen LogP contribution in [0.25, 0.3) is 0 Å². The lowest BCUT2D eigenvalue weighted by Gasteiger charge is -2.33. The Morgan fingerprint density at radius 3 is 2.94 bits per heavy atom. The summed E-state index contributed by atoms with van der Waals surface area (Å²) in [7, 11) is 0. The molecule has 1 aliphatic heterocycles. The molecular weight excluding hydrogens is 224 g/mol. The van der Waals surface area contributed by atoms with Gasteiger partial charge in [-0.05, 0) is 37.9 Å². The first-order chi connectivity index (χ1) is 8.72. The van der Waals surface area contributed by atoms with Crippen LogP contribution in [0.3, 0.4) is 0 Å². The number of nitrogens with one attached hydrogen (secondary N) is 1. The molecule has 0 aliphatic carbocycles. The highest BCUT2D eigenvalue weighted by Crippen LogP contribution is 2.16. The van der Waals surface area contributed by atoms with Gasteiger partial charge in [-0.25, -0.2) is 0 Å². The number of benzene rings is 1.